The van der Waals surface area contributed by atoms with Crippen LogP contribution in [-0.2, 0) is 4.79 Å². The minimum absolute atomic E-state index is 0.0663. The monoisotopic (exact) mass is 371 g/mol. The summed E-state index contributed by atoms with van der Waals surface area (Å²) in [7, 11) is 1.69. The molecule has 1 aliphatic heterocycles. The van der Waals surface area contributed by atoms with Gasteiger partial charge in [-0.1, -0.05) is 11.6 Å². The summed E-state index contributed by atoms with van der Waals surface area (Å²) in [5.74, 6) is 1.04. The van der Waals surface area contributed by atoms with Gasteiger partial charge >= 0.3 is 0 Å². The van der Waals surface area contributed by atoms with E-state index in [1.807, 2.05) is 19.1 Å². The fourth-order valence-corrected chi connectivity index (χ4v) is 3.95. The van der Waals surface area contributed by atoms with Crippen LogP contribution in [0.5, 0.6) is 5.75 Å². The van der Waals surface area contributed by atoms with Gasteiger partial charge in [0.25, 0.3) is 0 Å². The van der Waals surface area contributed by atoms with E-state index in [0.717, 1.165) is 44.9 Å². The van der Waals surface area contributed by atoms with Crippen molar-refractivity contribution in [3.05, 3.63) is 35.9 Å². The molecule has 5 heteroatoms. The van der Waals surface area contributed by atoms with E-state index in [1.165, 1.54) is 36.9 Å². The molecule has 1 aromatic rings. The highest BCUT2D eigenvalue weighted by atomic mass is 16.5. The van der Waals surface area contributed by atoms with Crippen LogP contribution in [0.15, 0.2) is 35.9 Å². The lowest BCUT2D eigenvalue weighted by molar-refractivity contribution is -0.125. The molecule has 1 atom stereocenters. The zero-order valence-electron chi connectivity index (χ0n) is 16.7. The Hall–Kier alpha value is -2.01. The van der Waals surface area contributed by atoms with Crippen LogP contribution in [0.3, 0.4) is 0 Å². The second-order valence-electron chi connectivity index (χ2n) is 7.55. The summed E-state index contributed by atoms with van der Waals surface area (Å²) in [5, 5.41) is 3.13. The molecule has 0 radical (unpaired) electrons. The molecule has 0 bridgehead atoms. The number of anilines is 1. The maximum atomic E-state index is 12.5. The van der Waals surface area contributed by atoms with Crippen LogP contribution in [0.4, 0.5) is 5.69 Å². The van der Waals surface area contributed by atoms with Crippen molar-refractivity contribution in [3.8, 4) is 5.75 Å². The molecule has 1 aromatic carbocycles. The van der Waals surface area contributed by atoms with Gasteiger partial charge in [0.1, 0.15) is 5.75 Å². The number of benzene rings is 1. The van der Waals surface area contributed by atoms with Crippen LogP contribution in [0.2, 0.25) is 0 Å². The van der Waals surface area contributed by atoms with Gasteiger partial charge in [-0.3, -0.25) is 9.69 Å². The van der Waals surface area contributed by atoms with E-state index < -0.39 is 0 Å². The Morgan fingerprint density at radius 1 is 1.15 bits per heavy atom. The number of methoxy groups -OCH3 is 1. The Morgan fingerprint density at radius 2 is 1.89 bits per heavy atom. The number of amides is 1. The molecule has 1 saturated heterocycles. The molecule has 148 valence electrons. The van der Waals surface area contributed by atoms with E-state index in [4.69, 9.17) is 4.74 Å². The highest BCUT2D eigenvalue weighted by Crippen LogP contribution is 2.21. The predicted molar refractivity (Wildman–Crippen MR) is 110 cm³/mol. The summed E-state index contributed by atoms with van der Waals surface area (Å²) in [6.45, 7) is 6.49. The van der Waals surface area contributed by atoms with Crippen molar-refractivity contribution in [2.45, 2.75) is 45.1 Å². The zero-order valence-corrected chi connectivity index (χ0v) is 16.7. The molecule has 3 rings (SSSR count). The smallest absolute Gasteiger partial charge is 0.237 e. The Labute approximate surface area is 163 Å². The van der Waals surface area contributed by atoms with E-state index in [1.54, 1.807) is 7.11 Å². The topological polar surface area (TPSA) is 44.8 Å². The van der Waals surface area contributed by atoms with Crippen molar-refractivity contribution in [3.63, 3.8) is 0 Å². The first-order valence-corrected chi connectivity index (χ1v) is 10.3. The van der Waals surface area contributed by atoms with Crippen LogP contribution in [0.1, 0.15) is 39.0 Å². The first-order valence-electron chi connectivity index (χ1n) is 10.3. The highest BCUT2D eigenvalue weighted by Gasteiger charge is 2.25. The van der Waals surface area contributed by atoms with Gasteiger partial charge < -0.3 is 15.0 Å². The lowest BCUT2D eigenvalue weighted by atomic mass is 9.97. The standard InChI is InChI=1S/C22H33N3O2/c1-18(22(26)23-13-12-19-6-4-3-5-7-19)24-14-16-25(17-15-24)20-8-10-21(27-2)11-9-20/h6,8-11,18H,3-5,7,12-17H2,1-2H3,(H,23,26). The van der Waals surface area contributed by atoms with Crippen LogP contribution >= 0.6 is 0 Å². The molecule has 0 saturated carbocycles. The maximum Gasteiger partial charge on any atom is 0.237 e. The molecule has 1 heterocycles. The maximum absolute atomic E-state index is 12.5. The minimum atomic E-state index is -0.0663. The van der Waals surface area contributed by atoms with Crippen LogP contribution < -0.4 is 15.0 Å². The van der Waals surface area contributed by atoms with E-state index in [-0.39, 0.29) is 11.9 Å². The van der Waals surface area contributed by atoms with Gasteiger partial charge in [-0.15, -0.1) is 0 Å². The second kappa shape index (κ2) is 9.79. The molecular weight excluding hydrogens is 338 g/mol. The molecule has 1 amide bonds. The average Bonchev–Trinajstić information content (AvgIpc) is 2.74. The number of carbonyl (C=O) groups is 1. The number of ether oxygens (including phenoxy) is 1. The van der Waals surface area contributed by atoms with Gasteiger partial charge in [0.15, 0.2) is 0 Å². The van der Waals surface area contributed by atoms with Crippen LogP contribution in [-0.4, -0.2) is 56.7 Å². The van der Waals surface area contributed by atoms with Crippen molar-refractivity contribution in [2.24, 2.45) is 0 Å². The summed E-state index contributed by atoms with van der Waals surface area (Å²) in [5.41, 5.74) is 2.73. The molecule has 5 nitrogen and oxygen atoms in total. The van der Waals surface area contributed by atoms with Crippen molar-refractivity contribution < 1.29 is 9.53 Å². The van der Waals surface area contributed by atoms with Gasteiger partial charge in [-0.05, 0) is 63.3 Å². The number of piperazine rings is 1. The van der Waals surface area contributed by atoms with Crippen LogP contribution in [0, 0.1) is 0 Å². The first-order chi connectivity index (χ1) is 13.2. The quantitative estimate of drug-likeness (QED) is 0.748. The van der Waals surface area contributed by atoms with E-state index in [0.29, 0.717) is 0 Å². The fraction of sp³-hybridized carbons (Fsp3) is 0.591. The summed E-state index contributed by atoms with van der Waals surface area (Å²) in [4.78, 5) is 17.2. The van der Waals surface area contributed by atoms with Crippen molar-refractivity contribution in [1.82, 2.24) is 10.2 Å². The number of hydrogen-bond acceptors (Lipinski definition) is 4. The van der Waals surface area contributed by atoms with Crippen LogP contribution in [0.25, 0.3) is 0 Å². The zero-order chi connectivity index (χ0) is 19.1. The molecule has 0 spiro atoms. The van der Waals surface area contributed by atoms with E-state index >= 15 is 0 Å². The second-order valence-corrected chi connectivity index (χ2v) is 7.55. The number of nitrogens with zero attached hydrogens (tertiary/aromatic N) is 2. The Bertz CT molecular complexity index is 633. The molecule has 1 fully saturated rings. The first kappa shape index (κ1) is 19.7. The lowest BCUT2D eigenvalue weighted by Crippen LogP contribution is -2.54. The average molecular weight is 372 g/mol. The number of hydrogen-bond donors (Lipinski definition) is 1. The number of rotatable bonds is 7. The largest absolute Gasteiger partial charge is 0.497 e. The molecular formula is C22H33N3O2. The van der Waals surface area contributed by atoms with Crippen molar-refractivity contribution in [1.29, 1.82) is 0 Å². The Kier molecular flexibility index (Phi) is 7.16. The third-order valence-electron chi connectivity index (χ3n) is 5.81. The summed E-state index contributed by atoms with van der Waals surface area (Å²) < 4.78 is 5.23. The summed E-state index contributed by atoms with van der Waals surface area (Å²) in [6, 6.07) is 8.14. The van der Waals surface area contributed by atoms with E-state index in [2.05, 4.69) is 33.3 Å². The predicted octanol–water partition coefficient (Wildman–Crippen LogP) is 3.21. The molecule has 27 heavy (non-hydrogen) atoms. The van der Waals surface area contributed by atoms with E-state index in [9.17, 15) is 4.79 Å². The molecule has 2 aliphatic rings. The fourth-order valence-electron chi connectivity index (χ4n) is 3.95. The molecule has 1 unspecified atom stereocenters. The van der Waals surface area contributed by atoms with Gasteiger partial charge in [0.2, 0.25) is 5.91 Å². The third kappa shape index (κ3) is 5.48. The normalized spacial score (nSPS) is 19.3. The Balaban J connectivity index is 1.41. The highest BCUT2D eigenvalue weighted by molar-refractivity contribution is 5.81. The SMILES string of the molecule is COc1ccc(N2CCN(C(C)C(=O)NCCC3=CCCCC3)CC2)cc1. The number of nitrogens with one attached hydrogen (secondary N) is 1. The molecule has 0 aromatic heterocycles. The van der Waals surface area contributed by atoms with Gasteiger partial charge in [0.05, 0.1) is 13.2 Å². The van der Waals surface area contributed by atoms with Gasteiger partial charge in [-0.2, -0.15) is 0 Å². The van der Waals surface area contributed by atoms with Crippen molar-refractivity contribution in [2.75, 3.05) is 44.7 Å². The number of carbonyl (C=O) groups excluding carboxylic acids is 1. The minimum Gasteiger partial charge on any atom is -0.497 e. The summed E-state index contributed by atoms with van der Waals surface area (Å²) in [6.07, 6.45) is 8.39. The van der Waals surface area contributed by atoms with Gasteiger partial charge in [0, 0.05) is 38.4 Å². The molecule has 1 N–H and O–H groups in total. The Morgan fingerprint density at radius 3 is 2.52 bits per heavy atom. The van der Waals surface area contributed by atoms with Gasteiger partial charge in [-0.25, -0.2) is 0 Å². The van der Waals surface area contributed by atoms with Crippen molar-refractivity contribution >= 4 is 11.6 Å². The molecule has 1 aliphatic carbocycles. The third-order valence-corrected chi connectivity index (χ3v) is 5.81. The summed E-state index contributed by atoms with van der Waals surface area (Å²) >= 11 is 0. The lowest BCUT2D eigenvalue weighted by Gasteiger charge is -2.38. The number of allylic oxidation sites excluding steroid dienone is 1.